The van der Waals surface area contributed by atoms with Crippen molar-refractivity contribution >= 4 is 29.8 Å². The van der Waals surface area contributed by atoms with Gasteiger partial charge >= 0.3 is 18.0 Å². The Bertz CT molecular complexity index is 860. The molecular weight excluding hydrogens is 458 g/mol. The zero-order chi connectivity index (χ0) is 26.4. The van der Waals surface area contributed by atoms with Crippen LogP contribution in [0.2, 0.25) is 0 Å². The molecule has 0 aromatic heterocycles. The molecule has 4 N–H and O–H groups in total. The molecule has 11 heteroatoms. The molecule has 3 atom stereocenters. The second-order valence-electron chi connectivity index (χ2n) is 8.14. The molecule has 11 nitrogen and oxygen atoms in total. The first kappa shape index (κ1) is 29.4. The molecule has 194 valence electrons. The third kappa shape index (κ3) is 10.9. The Labute approximate surface area is 205 Å². The van der Waals surface area contributed by atoms with Gasteiger partial charge in [0.05, 0.1) is 25.6 Å². The van der Waals surface area contributed by atoms with E-state index in [0.717, 1.165) is 5.56 Å². The summed E-state index contributed by atoms with van der Waals surface area (Å²) < 4.78 is 15.0. The Morgan fingerprint density at radius 2 is 1.54 bits per heavy atom. The van der Waals surface area contributed by atoms with E-state index in [9.17, 15) is 24.0 Å². The Morgan fingerprint density at radius 3 is 2.09 bits per heavy atom. The Hall–Kier alpha value is -3.63. The van der Waals surface area contributed by atoms with Crippen LogP contribution in [-0.2, 0) is 40.0 Å². The van der Waals surface area contributed by atoms with Gasteiger partial charge in [-0.1, -0.05) is 44.2 Å². The van der Waals surface area contributed by atoms with Gasteiger partial charge in [-0.3, -0.25) is 19.2 Å². The lowest BCUT2D eigenvalue weighted by Crippen LogP contribution is -2.57. The van der Waals surface area contributed by atoms with Gasteiger partial charge in [-0.05, 0) is 31.7 Å². The molecule has 35 heavy (non-hydrogen) atoms. The molecule has 0 radical (unpaired) electrons. The summed E-state index contributed by atoms with van der Waals surface area (Å²) >= 11 is 0. The van der Waals surface area contributed by atoms with Crippen molar-refractivity contribution in [3.8, 4) is 0 Å². The lowest BCUT2D eigenvalue weighted by atomic mass is 9.94. The van der Waals surface area contributed by atoms with E-state index in [1.54, 1.807) is 38.1 Å². The highest BCUT2D eigenvalue weighted by Crippen LogP contribution is 2.15. The van der Waals surface area contributed by atoms with E-state index < -0.39 is 54.3 Å². The minimum atomic E-state index is -1.57. The average molecular weight is 494 g/mol. The first-order valence-corrected chi connectivity index (χ1v) is 11.5. The van der Waals surface area contributed by atoms with Crippen LogP contribution in [0.5, 0.6) is 0 Å². The fraction of sp³-hybridized carbons (Fsp3) is 0.542. The predicted octanol–water partition coefficient (Wildman–Crippen LogP) is 1.43. The van der Waals surface area contributed by atoms with Gasteiger partial charge in [0.15, 0.2) is 0 Å². The summed E-state index contributed by atoms with van der Waals surface area (Å²) in [6.45, 7) is 6.87. The Kier molecular flexibility index (Phi) is 12.9. The molecule has 0 bridgehead atoms. The maximum absolute atomic E-state index is 13.0. The molecule has 0 aliphatic rings. The number of alkyl carbamates (subject to hydrolysis) is 1. The van der Waals surface area contributed by atoms with E-state index in [0.29, 0.717) is 0 Å². The molecule has 3 amide bonds. The van der Waals surface area contributed by atoms with E-state index in [-0.39, 0.29) is 32.2 Å². The van der Waals surface area contributed by atoms with Crippen molar-refractivity contribution in [3.63, 3.8) is 0 Å². The summed E-state index contributed by atoms with van der Waals surface area (Å²) in [4.78, 5) is 62.1. The van der Waals surface area contributed by atoms with Crippen molar-refractivity contribution in [2.75, 3.05) is 13.2 Å². The maximum atomic E-state index is 13.0. The summed E-state index contributed by atoms with van der Waals surface area (Å²) in [5.41, 5.74) is 6.22. The Morgan fingerprint density at radius 1 is 0.914 bits per heavy atom. The summed E-state index contributed by atoms with van der Waals surface area (Å²) in [5.74, 6) is -4.88. The van der Waals surface area contributed by atoms with Crippen molar-refractivity contribution < 1.29 is 38.2 Å². The smallest absolute Gasteiger partial charge is 0.408 e. The summed E-state index contributed by atoms with van der Waals surface area (Å²) in [6, 6.07) is 6.32. The number of nitrogens with one attached hydrogen (secondary N) is 2. The second-order valence-corrected chi connectivity index (χ2v) is 8.14. The molecule has 0 saturated carbocycles. The van der Waals surface area contributed by atoms with Crippen LogP contribution in [0.3, 0.4) is 0 Å². The van der Waals surface area contributed by atoms with E-state index in [4.69, 9.17) is 19.9 Å². The molecule has 0 heterocycles. The predicted molar refractivity (Wildman–Crippen MR) is 126 cm³/mol. The van der Waals surface area contributed by atoms with Crippen LogP contribution < -0.4 is 16.4 Å². The summed E-state index contributed by atoms with van der Waals surface area (Å²) in [5, 5.41) is 4.88. The number of amides is 3. The van der Waals surface area contributed by atoms with Crippen LogP contribution in [0.25, 0.3) is 0 Å². The van der Waals surface area contributed by atoms with Crippen LogP contribution in [0.4, 0.5) is 4.79 Å². The van der Waals surface area contributed by atoms with Gasteiger partial charge in [0.25, 0.3) is 0 Å². The van der Waals surface area contributed by atoms with Crippen LogP contribution >= 0.6 is 0 Å². The number of nitrogens with two attached hydrogens (primary N) is 1. The largest absolute Gasteiger partial charge is 0.466 e. The molecule has 0 spiro atoms. The molecule has 0 saturated heterocycles. The quantitative estimate of drug-likeness (QED) is 0.259. The van der Waals surface area contributed by atoms with Crippen LogP contribution in [0, 0.1) is 11.8 Å². The second kappa shape index (κ2) is 15.3. The lowest BCUT2D eigenvalue weighted by molar-refractivity contribution is -0.157. The monoisotopic (exact) mass is 493 g/mol. The number of carbonyl (C=O) groups is 5. The number of carbonyl (C=O) groups excluding carboxylic acids is 5. The van der Waals surface area contributed by atoms with E-state index in [2.05, 4.69) is 10.6 Å². The third-order valence-corrected chi connectivity index (χ3v) is 4.82. The third-order valence-electron chi connectivity index (χ3n) is 4.82. The lowest BCUT2D eigenvalue weighted by Gasteiger charge is -2.26. The molecule has 1 aromatic rings. The standard InChI is InChI=1S/C24H35N3O8/c1-5-33-19(28)13-17(23(31)34-6-2)20(21(25)29)27-22(30)18(12-15(3)4)26-24(32)35-14-16-10-8-7-9-11-16/h7-11,15,17-18,20H,5-6,12-14H2,1-4H3,(H2,25,29)(H,26,32)(H,27,30)/t17-,18-,20+/m0/s1. The van der Waals surface area contributed by atoms with E-state index >= 15 is 0 Å². The molecule has 0 fully saturated rings. The number of esters is 2. The first-order valence-electron chi connectivity index (χ1n) is 11.5. The number of hydrogen-bond acceptors (Lipinski definition) is 8. The van der Waals surface area contributed by atoms with Gasteiger partial charge in [0.1, 0.15) is 18.7 Å². The zero-order valence-corrected chi connectivity index (χ0v) is 20.6. The van der Waals surface area contributed by atoms with Crippen LogP contribution in [0.15, 0.2) is 30.3 Å². The van der Waals surface area contributed by atoms with Crippen molar-refractivity contribution in [2.24, 2.45) is 17.6 Å². The molecule has 0 aliphatic carbocycles. The van der Waals surface area contributed by atoms with Gasteiger partial charge in [0, 0.05) is 0 Å². The number of primary amides is 1. The van der Waals surface area contributed by atoms with Crippen LogP contribution in [-0.4, -0.2) is 55.1 Å². The van der Waals surface area contributed by atoms with Gasteiger partial charge in [-0.25, -0.2) is 4.79 Å². The van der Waals surface area contributed by atoms with Crippen molar-refractivity contribution in [1.82, 2.24) is 10.6 Å². The highest BCUT2D eigenvalue weighted by Gasteiger charge is 2.38. The van der Waals surface area contributed by atoms with Crippen molar-refractivity contribution in [3.05, 3.63) is 35.9 Å². The fourth-order valence-corrected chi connectivity index (χ4v) is 3.22. The summed E-state index contributed by atoms with van der Waals surface area (Å²) in [7, 11) is 0. The first-order chi connectivity index (χ1) is 16.6. The number of rotatable bonds is 14. The topological polar surface area (TPSA) is 163 Å². The number of ether oxygens (including phenoxy) is 3. The minimum Gasteiger partial charge on any atom is -0.466 e. The maximum Gasteiger partial charge on any atom is 0.408 e. The number of hydrogen-bond donors (Lipinski definition) is 3. The van der Waals surface area contributed by atoms with Gasteiger partial charge in [-0.2, -0.15) is 0 Å². The van der Waals surface area contributed by atoms with Gasteiger partial charge in [-0.15, -0.1) is 0 Å². The number of benzene rings is 1. The highest BCUT2D eigenvalue weighted by molar-refractivity contribution is 5.94. The average Bonchev–Trinajstić information content (AvgIpc) is 2.80. The zero-order valence-electron chi connectivity index (χ0n) is 20.6. The summed E-state index contributed by atoms with van der Waals surface area (Å²) in [6.07, 6.45) is -1.15. The van der Waals surface area contributed by atoms with E-state index in [1.165, 1.54) is 0 Å². The van der Waals surface area contributed by atoms with E-state index in [1.807, 2.05) is 19.9 Å². The molecule has 1 rings (SSSR count). The van der Waals surface area contributed by atoms with Gasteiger partial charge < -0.3 is 30.6 Å². The van der Waals surface area contributed by atoms with Gasteiger partial charge in [0.2, 0.25) is 11.8 Å². The molecule has 1 aromatic carbocycles. The van der Waals surface area contributed by atoms with Crippen molar-refractivity contribution in [2.45, 2.75) is 59.2 Å². The Balaban J connectivity index is 2.99. The highest BCUT2D eigenvalue weighted by atomic mass is 16.6. The SMILES string of the molecule is CCOC(=O)C[C@H](C(=O)OCC)[C@@H](NC(=O)[C@H](CC(C)C)NC(=O)OCc1ccccc1)C(N)=O. The van der Waals surface area contributed by atoms with Crippen molar-refractivity contribution in [1.29, 1.82) is 0 Å². The van der Waals surface area contributed by atoms with Crippen LogP contribution in [0.1, 0.15) is 46.1 Å². The fourth-order valence-electron chi connectivity index (χ4n) is 3.22. The minimum absolute atomic E-state index is 0.00290. The normalized spacial score (nSPS) is 13.2. The molecule has 0 aliphatic heterocycles. The molecular formula is C24H35N3O8. The molecule has 0 unspecified atom stereocenters.